The van der Waals surface area contributed by atoms with Crippen molar-refractivity contribution in [3.8, 4) is 0 Å². The van der Waals surface area contributed by atoms with E-state index in [4.69, 9.17) is 9.47 Å². The minimum absolute atomic E-state index is 0.263. The molecule has 2 heterocycles. The monoisotopic (exact) mass is 284 g/mol. The first-order chi connectivity index (χ1) is 9.21. The summed E-state index contributed by atoms with van der Waals surface area (Å²) in [6, 6.07) is 0. The molecule has 1 aromatic heterocycles. The predicted octanol–water partition coefficient (Wildman–Crippen LogP) is 2.47. The molecule has 1 aliphatic carbocycles. The number of rotatable bonds is 2. The minimum Gasteiger partial charge on any atom is -0.468 e. The van der Waals surface area contributed by atoms with Crippen molar-refractivity contribution in [1.29, 1.82) is 0 Å². The molecule has 0 aromatic carbocycles. The summed E-state index contributed by atoms with van der Waals surface area (Å²) in [5.41, 5.74) is 2.99. The maximum atomic E-state index is 9.18. The molecule has 4 nitrogen and oxygen atoms in total. The molecule has 1 aromatic rings. The molecule has 0 atom stereocenters. The lowest BCUT2D eigenvalue weighted by Gasteiger charge is -2.31. The standard InChI is InChI=1S/C11H14O2S.C3H6O2/c1-8-10-2-3-11(12-4-5-13-11)6-9(10)7-14-8;1-2-5-3-4/h7H,2-6H2,1H3;3H,2H2,1H3. The van der Waals surface area contributed by atoms with Crippen LogP contribution in [-0.4, -0.2) is 32.1 Å². The van der Waals surface area contributed by atoms with Gasteiger partial charge in [0.25, 0.3) is 6.47 Å². The van der Waals surface area contributed by atoms with E-state index in [1.165, 1.54) is 10.4 Å². The average molecular weight is 284 g/mol. The molecular formula is C14H20O4S. The Bertz CT molecular complexity index is 421. The maximum Gasteiger partial charge on any atom is 0.293 e. The van der Waals surface area contributed by atoms with Gasteiger partial charge in [-0.15, -0.1) is 11.3 Å². The molecular weight excluding hydrogens is 264 g/mol. The van der Waals surface area contributed by atoms with E-state index >= 15 is 0 Å². The summed E-state index contributed by atoms with van der Waals surface area (Å²) in [7, 11) is 0. The van der Waals surface area contributed by atoms with Crippen LogP contribution < -0.4 is 0 Å². The normalized spacial score (nSPS) is 19.5. The van der Waals surface area contributed by atoms with Crippen molar-refractivity contribution in [3.63, 3.8) is 0 Å². The van der Waals surface area contributed by atoms with Crippen LogP contribution in [-0.2, 0) is 31.8 Å². The van der Waals surface area contributed by atoms with Gasteiger partial charge in [0, 0.05) is 17.7 Å². The van der Waals surface area contributed by atoms with Crippen molar-refractivity contribution in [2.24, 2.45) is 0 Å². The number of fused-ring (bicyclic) bond motifs is 1. The summed E-state index contributed by atoms with van der Waals surface area (Å²) in [5, 5.41) is 2.26. The molecule has 1 fully saturated rings. The summed E-state index contributed by atoms with van der Waals surface area (Å²) >= 11 is 1.85. The number of hydrogen-bond donors (Lipinski definition) is 0. The van der Waals surface area contributed by atoms with E-state index in [0.29, 0.717) is 13.1 Å². The fraction of sp³-hybridized carbons (Fsp3) is 0.643. The Morgan fingerprint density at radius 2 is 2.21 bits per heavy atom. The molecule has 1 saturated heterocycles. The number of carbonyl (C=O) groups excluding carboxylic acids is 1. The molecule has 0 amide bonds. The second-order valence-corrected chi connectivity index (χ2v) is 5.72. The first kappa shape index (κ1) is 14.5. The van der Waals surface area contributed by atoms with Gasteiger partial charge in [0.05, 0.1) is 19.8 Å². The summed E-state index contributed by atoms with van der Waals surface area (Å²) in [6.07, 6.45) is 3.09. The van der Waals surface area contributed by atoms with E-state index in [2.05, 4.69) is 17.0 Å². The Kier molecular flexibility index (Phi) is 4.96. The smallest absolute Gasteiger partial charge is 0.293 e. The molecule has 0 N–H and O–H groups in total. The Labute approximate surface area is 117 Å². The summed E-state index contributed by atoms with van der Waals surface area (Å²) in [5.74, 6) is -0.263. The minimum atomic E-state index is -0.263. The van der Waals surface area contributed by atoms with Gasteiger partial charge in [-0.05, 0) is 36.8 Å². The molecule has 1 aliphatic heterocycles. The maximum absolute atomic E-state index is 9.18. The number of hydrogen-bond acceptors (Lipinski definition) is 5. The molecule has 19 heavy (non-hydrogen) atoms. The Morgan fingerprint density at radius 1 is 1.47 bits per heavy atom. The van der Waals surface area contributed by atoms with Crippen molar-refractivity contribution in [2.45, 2.75) is 38.9 Å². The van der Waals surface area contributed by atoms with E-state index in [1.807, 2.05) is 11.3 Å². The second-order valence-electron chi connectivity index (χ2n) is 4.63. The van der Waals surface area contributed by atoms with Gasteiger partial charge >= 0.3 is 0 Å². The quantitative estimate of drug-likeness (QED) is 0.783. The fourth-order valence-corrected chi connectivity index (χ4v) is 3.44. The number of thiophene rings is 1. The third-order valence-corrected chi connectivity index (χ3v) is 4.46. The first-order valence-electron chi connectivity index (χ1n) is 6.60. The highest BCUT2D eigenvalue weighted by Crippen LogP contribution is 2.38. The van der Waals surface area contributed by atoms with E-state index < -0.39 is 0 Å². The van der Waals surface area contributed by atoms with Gasteiger partial charge in [-0.25, -0.2) is 0 Å². The highest BCUT2D eigenvalue weighted by molar-refractivity contribution is 7.10. The zero-order valence-corrected chi connectivity index (χ0v) is 12.3. The van der Waals surface area contributed by atoms with Gasteiger partial charge in [0.15, 0.2) is 5.79 Å². The molecule has 0 unspecified atom stereocenters. The van der Waals surface area contributed by atoms with Crippen molar-refractivity contribution in [1.82, 2.24) is 0 Å². The van der Waals surface area contributed by atoms with Crippen molar-refractivity contribution in [2.75, 3.05) is 19.8 Å². The molecule has 0 saturated carbocycles. The summed E-state index contributed by atoms with van der Waals surface area (Å²) < 4.78 is 15.6. The summed E-state index contributed by atoms with van der Waals surface area (Å²) in [6.45, 7) is 6.40. The van der Waals surface area contributed by atoms with E-state index in [-0.39, 0.29) is 5.79 Å². The van der Waals surface area contributed by atoms with Crippen LogP contribution in [0.2, 0.25) is 0 Å². The van der Waals surface area contributed by atoms with Crippen LogP contribution in [0.5, 0.6) is 0 Å². The lowest BCUT2D eigenvalue weighted by Crippen LogP contribution is -2.36. The SMILES string of the molecule is CCOC=O.Cc1scc2c1CCC1(C2)OCCO1. The molecule has 2 aliphatic rings. The van der Waals surface area contributed by atoms with Crippen molar-refractivity contribution >= 4 is 17.8 Å². The Hall–Kier alpha value is -0.910. The van der Waals surface area contributed by atoms with Gasteiger partial charge in [-0.2, -0.15) is 0 Å². The van der Waals surface area contributed by atoms with E-state index in [0.717, 1.165) is 32.5 Å². The van der Waals surface area contributed by atoms with Crippen LogP contribution in [0.15, 0.2) is 5.38 Å². The van der Waals surface area contributed by atoms with Gasteiger partial charge in [0.1, 0.15) is 0 Å². The predicted molar refractivity (Wildman–Crippen MR) is 73.4 cm³/mol. The van der Waals surface area contributed by atoms with E-state index in [9.17, 15) is 4.79 Å². The van der Waals surface area contributed by atoms with Crippen molar-refractivity contribution < 1.29 is 19.0 Å². The number of aryl methyl sites for hydroxylation is 1. The zero-order chi connectivity index (χ0) is 13.7. The van der Waals surface area contributed by atoms with Crippen LogP contribution in [0.1, 0.15) is 29.3 Å². The lowest BCUT2D eigenvalue weighted by molar-refractivity contribution is -0.163. The van der Waals surface area contributed by atoms with Gasteiger partial charge in [-0.3, -0.25) is 4.79 Å². The zero-order valence-electron chi connectivity index (χ0n) is 11.4. The van der Waals surface area contributed by atoms with Crippen LogP contribution in [0.25, 0.3) is 0 Å². The largest absolute Gasteiger partial charge is 0.468 e. The average Bonchev–Trinajstić information content (AvgIpc) is 3.00. The van der Waals surface area contributed by atoms with Crippen LogP contribution in [0.3, 0.4) is 0 Å². The molecule has 106 valence electrons. The van der Waals surface area contributed by atoms with Gasteiger partial charge in [-0.1, -0.05) is 0 Å². The topological polar surface area (TPSA) is 44.8 Å². The number of ether oxygens (including phenoxy) is 3. The van der Waals surface area contributed by atoms with Crippen LogP contribution in [0.4, 0.5) is 0 Å². The highest BCUT2D eigenvalue weighted by Gasteiger charge is 2.40. The molecule has 0 bridgehead atoms. The van der Waals surface area contributed by atoms with Crippen LogP contribution in [0, 0.1) is 6.92 Å². The molecule has 0 radical (unpaired) electrons. The Morgan fingerprint density at radius 3 is 2.79 bits per heavy atom. The first-order valence-corrected chi connectivity index (χ1v) is 7.48. The fourth-order valence-electron chi connectivity index (χ4n) is 2.52. The van der Waals surface area contributed by atoms with Gasteiger partial charge in [0.2, 0.25) is 0 Å². The van der Waals surface area contributed by atoms with E-state index in [1.54, 1.807) is 12.5 Å². The second kappa shape index (κ2) is 6.50. The summed E-state index contributed by atoms with van der Waals surface area (Å²) in [4.78, 5) is 10.6. The van der Waals surface area contributed by atoms with Crippen LogP contribution >= 0.6 is 11.3 Å². The van der Waals surface area contributed by atoms with Gasteiger partial charge < -0.3 is 14.2 Å². The molecule has 5 heteroatoms. The highest BCUT2D eigenvalue weighted by atomic mass is 32.1. The molecule has 3 rings (SSSR count). The third-order valence-electron chi connectivity index (χ3n) is 3.45. The Balaban J connectivity index is 0.000000232. The number of carbonyl (C=O) groups is 1. The van der Waals surface area contributed by atoms with Crippen molar-refractivity contribution in [3.05, 3.63) is 21.4 Å². The lowest BCUT2D eigenvalue weighted by atomic mass is 9.89. The molecule has 1 spiro atoms. The third kappa shape index (κ3) is 3.35.